The van der Waals surface area contributed by atoms with Gasteiger partial charge in [-0.2, -0.15) is 5.06 Å². The molecule has 2 nitrogen and oxygen atoms in total. The van der Waals surface area contributed by atoms with E-state index in [0.717, 1.165) is 11.2 Å². The fourth-order valence-corrected chi connectivity index (χ4v) is 3.06. The Morgan fingerprint density at radius 1 is 1.45 bits per heavy atom. The second-order valence-corrected chi connectivity index (χ2v) is 4.33. The van der Waals surface area contributed by atoms with Gasteiger partial charge < -0.3 is 5.21 Å². The lowest BCUT2D eigenvalue weighted by molar-refractivity contribution is -0.129. The fourth-order valence-electron chi connectivity index (χ4n) is 2.50. The van der Waals surface area contributed by atoms with Crippen LogP contribution in [-0.4, -0.2) is 27.7 Å². The molecule has 0 aromatic rings. The maximum atomic E-state index is 9.66. The van der Waals surface area contributed by atoms with Crippen molar-refractivity contribution >= 4 is 15.9 Å². The first kappa shape index (κ1) is 8.02. The quantitative estimate of drug-likeness (QED) is 0.683. The predicted molar refractivity (Wildman–Crippen MR) is 47.0 cm³/mol. The lowest BCUT2D eigenvalue weighted by Gasteiger charge is -2.20. The van der Waals surface area contributed by atoms with Gasteiger partial charge in [0.15, 0.2) is 0 Å². The van der Waals surface area contributed by atoms with Crippen LogP contribution in [0.15, 0.2) is 0 Å². The predicted octanol–water partition coefficient (Wildman–Crippen LogP) is 2.01. The number of nitrogens with zero attached hydrogens (tertiary/aromatic N) is 1. The first-order valence-electron chi connectivity index (χ1n) is 4.36. The number of hydroxylamine groups is 2. The van der Waals surface area contributed by atoms with Crippen molar-refractivity contribution in [1.29, 1.82) is 0 Å². The fraction of sp³-hybridized carbons (Fsp3) is 1.00. The summed E-state index contributed by atoms with van der Waals surface area (Å²) < 4.78 is 0. The molecule has 2 aliphatic rings. The minimum Gasteiger partial charge on any atom is -0.313 e. The molecule has 11 heavy (non-hydrogen) atoms. The summed E-state index contributed by atoms with van der Waals surface area (Å²) in [6.07, 6.45) is 5.02. The molecule has 0 bridgehead atoms. The molecule has 1 saturated heterocycles. The number of fused-ring (bicyclic) bond motifs is 1. The molecule has 1 saturated carbocycles. The Kier molecular flexibility index (Phi) is 2.21. The zero-order valence-electron chi connectivity index (χ0n) is 6.54. The van der Waals surface area contributed by atoms with Crippen molar-refractivity contribution in [1.82, 2.24) is 5.06 Å². The molecular formula is C8H14BrNO. The molecule has 0 radical (unpaired) electrons. The highest BCUT2D eigenvalue weighted by Crippen LogP contribution is 2.40. The number of halogens is 1. The van der Waals surface area contributed by atoms with E-state index in [1.165, 1.54) is 25.7 Å². The maximum Gasteiger partial charge on any atom is 0.0453 e. The summed E-state index contributed by atoms with van der Waals surface area (Å²) in [4.78, 5) is 0. The van der Waals surface area contributed by atoms with Gasteiger partial charge in [-0.3, -0.25) is 0 Å². The maximum absolute atomic E-state index is 9.66. The first-order valence-corrected chi connectivity index (χ1v) is 5.48. The molecule has 2 fully saturated rings. The Bertz CT molecular complexity index is 153. The van der Waals surface area contributed by atoms with E-state index < -0.39 is 0 Å². The minimum absolute atomic E-state index is 0.380. The van der Waals surface area contributed by atoms with Crippen LogP contribution < -0.4 is 0 Å². The first-order chi connectivity index (χ1) is 5.33. The Morgan fingerprint density at radius 3 is 2.91 bits per heavy atom. The van der Waals surface area contributed by atoms with Gasteiger partial charge in [0.25, 0.3) is 0 Å². The van der Waals surface area contributed by atoms with Gasteiger partial charge in [0.05, 0.1) is 0 Å². The molecule has 1 aliphatic heterocycles. The molecule has 3 heteroatoms. The summed E-state index contributed by atoms with van der Waals surface area (Å²) in [5.74, 6) is 0.780. The highest BCUT2D eigenvalue weighted by Gasteiger charge is 2.42. The molecule has 0 aromatic heterocycles. The van der Waals surface area contributed by atoms with Crippen molar-refractivity contribution in [3.05, 3.63) is 0 Å². The second kappa shape index (κ2) is 3.04. The molecule has 2 rings (SSSR count). The summed E-state index contributed by atoms with van der Waals surface area (Å²) in [5, 5.41) is 12.2. The SMILES string of the molecule is ON1[C@@H](CBr)C[C@H]2CCC[C@H]21. The molecular weight excluding hydrogens is 206 g/mol. The molecule has 0 unspecified atom stereocenters. The largest absolute Gasteiger partial charge is 0.313 e. The second-order valence-electron chi connectivity index (χ2n) is 3.68. The highest BCUT2D eigenvalue weighted by molar-refractivity contribution is 9.09. The van der Waals surface area contributed by atoms with E-state index in [1.807, 2.05) is 0 Å². The van der Waals surface area contributed by atoms with Crippen LogP contribution in [0.1, 0.15) is 25.7 Å². The van der Waals surface area contributed by atoms with Crippen LogP contribution >= 0.6 is 15.9 Å². The number of hydrogen-bond donors (Lipinski definition) is 1. The zero-order chi connectivity index (χ0) is 7.84. The third-order valence-electron chi connectivity index (χ3n) is 3.09. The number of hydrogen-bond acceptors (Lipinski definition) is 2. The van der Waals surface area contributed by atoms with Crippen molar-refractivity contribution in [3.63, 3.8) is 0 Å². The highest BCUT2D eigenvalue weighted by atomic mass is 79.9. The zero-order valence-corrected chi connectivity index (χ0v) is 8.13. The average molecular weight is 220 g/mol. The summed E-state index contributed by atoms with van der Waals surface area (Å²) in [7, 11) is 0. The van der Waals surface area contributed by atoms with Crippen LogP contribution in [0.4, 0.5) is 0 Å². The van der Waals surface area contributed by atoms with Crippen molar-refractivity contribution in [2.75, 3.05) is 5.33 Å². The van der Waals surface area contributed by atoms with E-state index >= 15 is 0 Å². The Labute approximate surface area is 75.7 Å². The van der Waals surface area contributed by atoms with Crippen molar-refractivity contribution in [2.45, 2.75) is 37.8 Å². The summed E-state index contributed by atoms with van der Waals surface area (Å²) in [6.45, 7) is 0. The Hall–Kier alpha value is 0.400. The van der Waals surface area contributed by atoms with E-state index in [9.17, 15) is 5.21 Å². The van der Waals surface area contributed by atoms with Gasteiger partial charge in [-0.25, -0.2) is 0 Å². The van der Waals surface area contributed by atoms with Crippen molar-refractivity contribution < 1.29 is 5.21 Å². The number of alkyl halides is 1. The standard InChI is InChI=1S/C8H14BrNO/c9-5-7-4-6-2-1-3-8(6)10(7)11/h6-8,11H,1-5H2/t6-,7-,8-/m1/s1. The lowest BCUT2D eigenvalue weighted by Crippen LogP contribution is -2.33. The molecule has 1 heterocycles. The van der Waals surface area contributed by atoms with Crippen molar-refractivity contribution in [3.8, 4) is 0 Å². The Morgan fingerprint density at radius 2 is 2.27 bits per heavy atom. The molecule has 3 atom stereocenters. The summed E-state index contributed by atoms with van der Waals surface area (Å²) in [5.41, 5.74) is 0. The third kappa shape index (κ3) is 1.23. The van der Waals surface area contributed by atoms with Crippen LogP contribution in [0.3, 0.4) is 0 Å². The van der Waals surface area contributed by atoms with E-state index in [0.29, 0.717) is 12.1 Å². The van der Waals surface area contributed by atoms with Gasteiger partial charge >= 0.3 is 0 Å². The molecule has 1 N–H and O–H groups in total. The van der Waals surface area contributed by atoms with Crippen LogP contribution in [0, 0.1) is 5.92 Å². The Balaban J connectivity index is 2.04. The molecule has 0 spiro atoms. The van der Waals surface area contributed by atoms with E-state index in [-0.39, 0.29) is 0 Å². The van der Waals surface area contributed by atoms with Gasteiger partial charge in [0.1, 0.15) is 0 Å². The molecule has 0 amide bonds. The van der Waals surface area contributed by atoms with Crippen LogP contribution in [0.5, 0.6) is 0 Å². The smallest absolute Gasteiger partial charge is 0.0453 e. The monoisotopic (exact) mass is 219 g/mol. The van der Waals surface area contributed by atoms with Crippen molar-refractivity contribution in [2.24, 2.45) is 5.92 Å². The minimum atomic E-state index is 0.380. The van der Waals surface area contributed by atoms with E-state index in [4.69, 9.17) is 0 Å². The van der Waals surface area contributed by atoms with Crippen LogP contribution in [-0.2, 0) is 0 Å². The van der Waals surface area contributed by atoms with Crippen LogP contribution in [0.25, 0.3) is 0 Å². The van der Waals surface area contributed by atoms with Gasteiger partial charge in [0, 0.05) is 17.4 Å². The normalized spacial score (nSPS) is 44.7. The molecule has 64 valence electrons. The number of rotatable bonds is 1. The van der Waals surface area contributed by atoms with E-state index in [1.54, 1.807) is 5.06 Å². The lowest BCUT2D eigenvalue weighted by atomic mass is 10.0. The van der Waals surface area contributed by atoms with Gasteiger partial charge in [-0.05, 0) is 25.2 Å². The molecule has 0 aromatic carbocycles. The third-order valence-corrected chi connectivity index (χ3v) is 3.83. The van der Waals surface area contributed by atoms with Gasteiger partial charge in [-0.15, -0.1) is 0 Å². The van der Waals surface area contributed by atoms with Crippen LogP contribution in [0.2, 0.25) is 0 Å². The summed E-state index contributed by atoms with van der Waals surface area (Å²) in [6, 6.07) is 0.864. The topological polar surface area (TPSA) is 23.5 Å². The van der Waals surface area contributed by atoms with Gasteiger partial charge in [0.2, 0.25) is 0 Å². The van der Waals surface area contributed by atoms with Gasteiger partial charge in [-0.1, -0.05) is 22.4 Å². The average Bonchev–Trinajstić information content (AvgIpc) is 2.53. The van der Waals surface area contributed by atoms with E-state index in [2.05, 4.69) is 15.9 Å². The molecule has 1 aliphatic carbocycles. The summed E-state index contributed by atoms with van der Waals surface area (Å²) >= 11 is 3.42.